The summed E-state index contributed by atoms with van der Waals surface area (Å²) in [4.78, 5) is 14.6. The van der Waals surface area contributed by atoms with Crippen LogP contribution in [0.4, 0.5) is 0 Å². The quantitative estimate of drug-likeness (QED) is 0.780. The van der Waals surface area contributed by atoms with Crippen molar-refractivity contribution in [2.45, 2.75) is 26.7 Å². The van der Waals surface area contributed by atoms with Gasteiger partial charge in [0.15, 0.2) is 5.78 Å². The number of Topliss-reactive ketones (excluding diaryl/α,β-unsaturated/α-hetero) is 1. The van der Waals surface area contributed by atoms with E-state index >= 15 is 0 Å². The summed E-state index contributed by atoms with van der Waals surface area (Å²) in [6.45, 7) is 7.77. The number of halogens is 1. The lowest BCUT2D eigenvalue weighted by atomic mass is 9.91. The van der Waals surface area contributed by atoms with E-state index in [0.717, 1.165) is 41.5 Å². The highest BCUT2D eigenvalue weighted by molar-refractivity contribution is 9.10. The maximum absolute atomic E-state index is 12.2. The zero-order chi connectivity index (χ0) is 13.8. The highest BCUT2D eigenvalue weighted by Gasteiger charge is 2.22. The first kappa shape index (κ1) is 14.7. The Balaban J connectivity index is 1.86. The number of benzene rings is 1. The van der Waals surface area contributed by atoms with Crippen molar-refractivity contribution in [3.05, 3.63) is 34.3 Å². The van der Waals surface area contributed by atoms with Crippen molar-refractivity contribution in [1.29, 1.82) is 0 Å². The molecule has 0 radical (unpaired) electrons. The van der Waals surface area contributed by atoms with Gasteiger partial charge in [-0.1, -0.05) is 41.9 Å². The predicted octanol–water partition coefficient (Wildman–Crippen LogP) is 4.00. The molecule has 104 valence electrons. The van der Waals surface area contributed by atoms with Gasteiger partial charge < -0.3 is 4.90 Å². The Kier molecular flexibility index (Phi) is 5.17. The fourth-order valence-corrected chi connectivity index (χ4v) is 3.44. The van der Waals surface area contributed by atoms with Crippen LogP contribution in [0.1, 0.15) is 37.0 Å². The Morgan fingerprint density at radius 1 is 1.32 bits per heavy atom. The number of piperidine rings is 1. The minimum absolute atomic E-state index is 0.243. The molecule has 0 spiro atoms. The molecule has 1 saturated heterocycles. The molecule has 0 N–H and O–H groups in total. The van der Waals surface area contributed by atoms with Crippen LogP contribution >= 0.6 is 15.9 Å². The lowest BCUT2D eigenvalue weighted by molar-refractivity contribution is 0.0926. The smallest absolute Gasteiger partial charge is 0.164 e. The molecule has 1 aromatic carbocycles. The van der Waals surface area contributed by atoms with Gasteiger partial charge in [0.25, 0.3) is 0 Å². The van der Waals surface area contributed by atoms with Crippen LogP contribution in [0, 0.1) is 11.8 Å². The molecule has 1 heterocycles. The van der Waals surface area contributed by atoms with E-state index in [1.165, 1.54) is 6.42 Å². The van der Waals surface area contributed by atoms with Gasteiger partial charge in [-0.2, -0.15) is 0 Å². The van der Waals surface area contributed by atoms with Crippen LogP contribution in [0.25, 0.3) is 0 Å². The predicted molar refractivity (Wildman–Crippen MR) is 82.5 cm³/mol. The number of carbonyl (C=O) groups excluding carboxylic acids is 1. The summed E-state index contributed by atoms with van der Waals surface area (Å²) in [5, 5.41) is 0. The Hall–Kier alpha value is -0.670. The Morgan fingerprint density at radius 2 is 2.00 bits per heavy atom. The topological polar surface area (TPSA) is 20.3 Å². The van der Waals surface area contributed by atoms with Gasteiger partial charge in [-0.25, -0.2) is 0 Å². The second kappa shape index (κ2) is 6.67. The molecular formula is C16H22BrNO. The van der Waals surface area contributed by atoms with E-state index in [-0.39, 0.29) is 5.78 Å². The van der Waals surface area contributed by atoms with E-state index in [2.05, 4.69) is 34.7 Å². The van der Waals surface area contributed by atoms with Crippen molar-refractivity contribution < 1.29 is 4.79 Å². The highest BCUT2D eigenvalue weighted by Crippen LogP contribution is 2.21. The molecule has 1 aliphatic rings. The Morgan fingerprint density at radius 3 is 2.63 bits per heavy atom. The fourth-order valence-electron chi connectivity index (χ4n) is 3.04. The van der Waals surface area contributed by atoms with Gasteiger partial charge in [-0.3, -0.25) is 4.79 Å². The number of likely N-dealkylation sites (tertiary alicyclic amines) is 1. The highest BCUT2D eigenvalue weighted by atomic mass is 79.9. The number of hydrogen-bond acceptors (Lipinski definition) is 2. The summed E-state index contributed by atoms with van der Waals surface area (Å²) in [5.41, 5.74) is 0.812. The van der Waals surface area contributed by atoms with Gasteiger partial charge in [0.2, 0.25) is 0 Å². The Bertz CT molecular complexity index is 436. The summed E-state index contributed by atoms with van der Waals surface area (Å²) in [5.74, 6) is 1.75. The van der Waals surface area contributed by atoms with Crippen molar-refractivity contribution >= 4 is 21.7 Å². The minimum Gasteiger partial charge on any atom is -0.302 e. The largest absolute Gasteiger partial charge is 0.302 e. The second-order valence-corrected chi connectivity index (χ2v) is 6.80. The zero-order valence-electron chi connectivity index (χ0n) is 11.7. The number of nitrogens with zero attached hydrogens (tertiary/aromatic N) is 1. The molecule has 2 nitrogen and oxygen atoms in total. The maximum atomic E-state index is 12.2. The average Bonchev–Trinajstić information content (AvgIpc) is 2.35. The van der Waals surface area contributed by atoms with Crippen molar-refractivity contribution in [1.82, 2.24) is 4.90 Å². The molecule has 1 aliphatic heterocycles. The number of hydrogen-bond donors (Lipinski definition) is 0. The molecule has 2 atom stereocenters. The van der Waals surface area contributed by atoms with Crippen molar-refractivity contribution in [3.8, 4) is 0 Å². The minimum atomic E-state index is 0.243. The zero-order valence-corrected chi connectivity index (χ0v) is 13.3. The third kappa shape index (κ3) is 4.43. The van der Waals surface area contributed by atoms with E-state index in [1.54, 1.807) is 0 Å². The first-order valence-electron chi connectivity index (χ1n) is 7.05. The molecule has 0 aromatic heterocycles. The van der Waals surface area contributed by atoms with Crippen molar-refractivity contribution in [2.75, 3.05) is 19.6 Å². The van der Waals surface area contributed by atoms with E-state index in [0.29, 0.717) is 6.42 Å². The second-order valence-electron chi connectivity index (χ2n) is 5.89. The summed E-state index contributed by atoms with van der Waals surface area (Å²) < 4.78 is 0.971. The third-order valence-corrected chi connectivity index (χ3v) is 4.24. The molecule has 1 aromatic rings. The molecular weight excluding hydrogens is 302 g/mol. The van der Waals surface area contributed by atoms with E-state index in [4.69, 9.17) is 0 Å². The van der Waals surface area contributed by atoms with Crippen molar-refractivity contribution in [3.63, 3.8) is 0 Å². The molecule has 2 rings (SSSR count). The summed E-state index contributed by atoms with van der Waals surface area (Å²) >= 11 is 3.41. The first-order valence-corrected chi connectivity index (χ1v) is 7.85. The van der Waals surface area contributed by atoms with Crippen LogP contribution in [-0.2, 0) is 0 Å². The number of ketones is 1. The van der Waals surface area contributed by atoms with Crippen LogP contribution in [0.2, 0.25) is 0 Å². The summed E-state index contributed by atoms with van der Waals surface area (Å²) in [7, 11) is 0. The third-order valence-electron chi connectivity index (χ3n) is 3.75. The van der Waals surface area contributed by atoms with E-state index in [9.17, 15) is 4.79 Å². The van der Waals surface area contributed by atoms with E-state index in [1.807, 2.05) is 24.3 Å². The molecule has 0 bridgehead atoms. The molecule has 3 heteroatoms. The monoisotopic (exact) mass is 323 g/mol. The summed E-state index contributed by atoms with van der Waals surface area (Å²) in [6, 6.07) is 7.67. The number of carbonyl (C=O) groups is 1. The van der Waals surface area contributed by atoms with Gasteiger partial charge in [-0.05, 0) is 30.4 Å². The fraction of sp³-hybridized carbons (Fsp3) is 0.562. The van der Waals surface area contributed by atoms with Gasteiger partial charge in [0.1, 0.15) is 0 Å². The van der Waals surface area contributed by atoms with E-state index < -0.39 is 0 Å². The molecule has 0 amide bonds. The van der Waals surface area contributed by atoms with Gasteiger partial charge >= 0.3 is 0 Å². The number of rotatable bonds is 4. The maximum Gasteiger partial charge on any atom is 0.164 e. The first-order chi connectivity index (χ1) is 9.04. The standard InChI is InChI=1S/C16H22BrNO/c1-12-8-13(2)11-18(10-12)7-6-16(19)14-4-3-5-15(17)9-14/h3-5,9,12-13H,6-8,10-11H2,1-2H3. The molecule has 0 saturated carbocycles. The molecule has 19 heavy (non-hydrogen) atoms. The summed E-state index contributed by atoms with van der Waals surface area (Å²) in [6.07, 6.45) is 1.94. The SMILES string of the molecule is CC1CC(C)CN(CCC(=O)c2cccc(Br)c2)C1. The van der Waals surface area contributed by atoms with Crippen LogP contribution in [0.3, 0.4) is 0 Å². The van der Waals surface area contributed by atoms with Gasteiger partial charge in [0.05, 0.1) is 0 Å². The van der Waals surface area contributed by atoms with Crippen LogP contribution in [0.15, 0.2) is 28.7 Å². The average molecular weight is 324 g/mol. The van der Waals surface area contributed by atoms with Crippen molar-refractivity contribution in [2.24, 2.45) is 11.8 Å². The van der Waals surface area contributed by atoms with Crippen LogP contribution in [0.5, 0.6) is 0 Å². The van der Waals surface area contributed by atoms with Gasteiger partial charge in [0, 0.05) is 36.1 Å². The van der Waals surface area contributed by atoms with Crippen LogP contribution < -0.4 is 0 Å². The van der Waals surface area contributed by atoms with Crippen LogP contribution in [-0.4, -0.2) is 30.3 Å². The lowest BCUT2D eigenvalue weighted by Gasteiger charge is -2.34. The molecule has 2 unspecified atom stereocenters. The lowest BCUT2D eigenvalue weighted by Crippen LogP contribution is -2.39. The normalized spacial score (nSPS) is 24.4. The molecule has 0 aliphatic carbocycles. The Labute approximate surface area is 124 Å². The molecule has 1 fully saturated rings. The van der Waals surface area contributed by atoms with Gasteiger partial charge in [-0.15, -0.1) is 0 Å².